The van der Waals surface area contributed by atoms with Gasteiger partial charge in [-0.1, -0.05) is 18.2 Å². The molecule has 0 radical (unpaired) electrons. The van der Waals surface area contributed by atoms with Crippen molar-refractivity contribution in [3.63, 3.8) is 0 Å². The van der Waals surface area contributed by atoms with Crippen LogP contribution in [0, 0.1) is 11.3 Å². The second kappa shape index (κ2) is 4.77. The number of hydrogen-bond donors (Lipinski definition) is 1. The first kappa shape index (κ1) is 12.2. The zero-order chi connectivity index (χ0) is 11.5. The quantitative estimate of drug-likeness (QED) is 0.897. The Labute approximate surface area is 96.8 Å². The van der Waals surface area contributed by atoms with E-state index in [1.165, 1.54) is 12.1 Å². The topological polar surface area (TPSA) is 70.0 Å². The standard InChI is InChI=1S/C8H7ClN2O2S2/c1-6(9)5-11-15(12,13)8-3-2-7(4-10)14-8/h2-3,11H,1,5H2. The molecule has 0 unspecified atom stereocenters. The molecule has 7 heteroatoms. The third-order valence-electron chi connectivity index (χ3n) is 1.41. The van der Waals surface area contributed by atoms with Crippen molar-refractivity contribution >= 4 is 33.0 Å². The Balaban J connectivity index is 2.87. The van der Waals surface area contributed by atoms with Crippen LogP contribution < -0.4 is 4.72 Å². The number of rotatable bonds is 4. The van der Waals surface area contributed by atoms with Crippen molar-refractivity contribution in [3.8, 4) is 6.07 Å². The van der Waals surface area contributed by atoms with Crippen molar-refractivity contribution in [3.05, 3.63) is 28.6 Å². The zero-order valence-electron chi connectivity index (χ0n) is 7.53. The van der Waals surface area contributed by atoms with Crippen LogP contribution in [0.5, 0.6) is 0 Å². The van der Waals surface area contributed by atoms with Gasteiger partial charge in [0.2, 0.25) is 10.0 Å². The van der Waals surface area contributed by atoms with Gasteiger partial charge < -0.3 is 0 Å². The second-order valence-corrected chi connectivity index (χ2v) is 6.18. The lowest BCUT2D eigenvalue weighted by Gasteiger charge is -2.01. The van der Waals surface area contributed by atoms with Crippen molar-refractivity contribution in [1.29, 1.82) is 5.26 Å². The fraction of sp³-hybridized carbons (Fsp3) is 0.125. The van der Waals surface area contributed by atoms with E-state index in [4.69, 9.17) is 16.9 Å². The first-order valence-electron chi connectivity index (χ1n) is 3.78. The van der Waals surface area contributed by atoms with E-state index in [-0.39, 0.29) is 15.8 Å². The summed E-state index contributed by atoms with van der Waals surface area (Å²) in [6, 6.07) is 4.70. The summed E-state index contributed by atoms with van der Waals surface area (Å²) in [5.74, 6) is 0. The molecule has 80 valence electrons. The lowest BCUT2D eigenvalue weighted by atomic mass is 10.5. The average molecular weight is 263 g/mol. The minimum Gasteiger partial charge on any atom is -0.206 e. The lowest BCUT2D eigenvalue weighted by Crippen LogP contribution is -2.23. The summed E-state index contributed by atoms with van der Waals surface area (Å²) >= 11 is 6.34. The minimum absolute atomic E-state index is 0.0241. The molecule has 0 fully saturated rings. The highest BCUT2D eigenvalue weighted by atomic mass is 35.5. The van der Waals surface area contributed by atoms with Crippen LogP contribution in [0.15, 0.2) is 28.0 Å². The predicted molar refractivity (Wildman–Crippen MR) is 59.2 cm³/mol. The summed E-state index contributed by atoms with van der Waals surface area (Å²) in [7, 11) is -3.57. The largest absolute Gasteiger partial charge is 0.250 e. The molecule has 4 nitrogen and oxygen atoms in total. The number of nitriles is 1. The van der Waals surface area contributed by atoms with Crippen LogP contribution in [-0.4, -0.2) is 15.0 Å². The fourth-order valence-electron chi connectivity index (χ4n) is 0.769. The third-order valence-corrected chi connectivity index (χ3v) is 4.43. The van der Waals surface area contributed by atoms with Crippen LogP contribution in [0.3, 0.4) is 0 Å². The highest BCUT2D eigenvalue weighted by molar-refractivity contribution is 7.91. The molecule has 0 aliphatic carbocycles. The SMILES string of the molecule is C=C(Cl)CNS(=O)(=O)c1ccc(C#N)s1. The van der Waals surface area contributed by atoms with Crippen molar-refractivity contribution in [2.75, 3.05) is 6.54 Å². The monoisotopic (exact) mass is 262 g/mol. The van der Waals surface area contributed by atoms with Crippen LogP contribution in [0.1, 0.15) is 4.88 Å². The van der Waals surface area contributed by atoms with Gasteiger partial charge in [0.25, 0.3) is 0 Å². The van der Waals surface area contributed by atoms with Gasteiger partial charge in [0, 0.05) is 11.6 Å². The van der Waals surface area contributed by atoms with Crippen molar-refractivity contribution in [2.45, 2.75) is 4.21 Å². The van der Waals surface area contributed by atoms with E-state index in [1.807, 2.05) is 6.07 Å². The van der Waals surface area contributed by atoms with E-state index in [0.717, 1.165) is 11.3 Å². The molecule has 1 N–H and O–H groups in total. The molecule has 0 atom stereocenters. The van der Waals surface area contributed by atoms with Crippen LogP contribution in [-0.2, 0) is 10.0 Å². The predicted octanol–water partition coefficient (Wildman–Crippen LogP) is 1.65. The molecule has 1 aromatic heterocycles. The molecule has 0 saturated heterocycles. The zero-order valence-corrected chi connectivity index (χ0v) is 9.92. The van der Waals surface area contributed by atoms with Gasteiger partial charge in [0.1, 0.15) is 15.2 Å². The molecular weight excluding hydrogens is 256 g/mol. The Kier molecular flexibility index (Phi) is 3.88. The summed E-state index contributed by atoms with van der Waals surface area (Å²) in [6.07, 6.45) is 0. The minimum atomic E-state index is -3.57. The number of nitrogens with one attached hydrogen (secondary N) is 1. The maximum atomic E-state index is 11.6. The van der Waals surface area contributed by atoms with Crippen molar-refractivity contribution in [1.82, 2.24) is 4.72 Å². The molecule has 0 saturated carbocycles. The Morgan fingerprint density at radius 2 is 2.33 bits per heavy atom. The smallest absolute Gasteiger partial charge is 0.206 e. The van der Waals surface area contributed by atoms with Gasteiger partial charge in [0.15, 0.2) is 0 Å². The first-order chi connectivity index (χ1) is 6.95. The van der Waals surface area contributed by atoms with E-state index in [0.29, 0.717) is 4.88 Å². The number of nitrogens with zero attached hydrogens (tertiary/aromatic N) is 1. The first-order valence-corrected chi connectivity index (χ1v) is 6.46. The van der Waals surface area contributed by atoms with Crippen molar-refractivity contribution in [2.24, 2.45) is 0 Å². The molecule has 1 heterocycles. The molecular formula is C8H7ClN2O2S2. The van der Waals surface area contributed by atoms with Crippen LogP contribution in [0.25, 0.3) is 0 Å². The van der Waals surface area contributed by atoms with Crippen molar-refractivity contribution < 1.29 is 8.42 Å². The number of halogens is 1. The van der Waals surface area contributed by atoms with Crippen LogP contribution >= 0.6 is 22.9 Å². The van der Waals surface area contributed by atoms with Gasteiger partial charge in [0.05, 0.1) is 0 Å². The molecule has 0 aromatic carbocycles. The Morgan fingerprint density at radius 3 is 2.80 bits per heavy atom. The molecule has 1 aromatic rings. The van der Waals surface area contributed by atoms with Gasteiger partial charge in [-0.25, -0.2) is 13.1 Å². The molecule has 1 rings (SSSR count). The maximum Gasteiger partial charge on any atom is 0.250 e. The normalized spacial score (nSPS) is 10.9. The summed E-state index contributed by atoms with van der Waals surface area (Å²) in [6.45, 7) is 3.34. The lowest BCUT2D eigenvalue weighted by molar-refractivity contribution is 0.587. The third kappa shape index (κ3) is 3.32. The van der Waals surface area contributed by atoms with E-state index >= 15 is 0 Å². The number of sulfonamides is 1. The molecule has 0 aliphatic heterocycles. The van der Waals surface area contributed by atoms with Gasteiger partial charge in [-0.15, -0.1) is 11.3 Å². The average Bonchev–Trinajstić information content (AvgIpc) is 2.63. The maximum absolute atomic E-state index is 11.6. The molecule has 0 amide bonds. The van der Waals surface area contributed by atoms with Gasteiger partial charge in [-0.3, -0.25) is 0 Å². The number of thiophene rings is 1. The molecule has 0 bridgehead atoms. The van der Waals surface area contributed by atoms with Gasteiger partial charge in [-0.2, -0.15) is 5.26 Å². The Hall–Kier alpha value is -0.870. The van der Waals surface area contributed by atoms with Crippen LogP contribution in [0.4, 0.5) is 0 Å². The Bertz CT molecular complexity index is 513. The van der Waals surface area contributed by atoms with Gasteiger partial charge in [-0.05, 0) is 12.1 Å². The van der Waals surface area contributed by atoms with Crippen LogP contribution in [0.2, 0.25) is 0 Å². The van der Waals surface area contributed by atoms with E-state index in [9.17, 15) is 8.42 Å². The van der Waals surface area contributed by atoms with E-state index < -0.39 is 10.0 Å². The molecule has 15 heavy (non-hydrogen) atoms. The summed E-state index contributed by atoms with van der Waals surface area (Å²) in [4.78, 5) is 0.347. The molecule has 0 aliphatic rings. The van der Waals surface area contributed by atoms with E-state index in [1.54, 1.807) is 0 Å². The summed E-state index contributed by atoms with van der Waals surface area (Å²) in [5, 5.41) is 8.75. The summed E-state index contributed by atoms with van der Waals surface area (Å²) in [5.41, 5.74) is 0. The highest BCUT2D eigenvalue weighted by Crippen LogP contribution is 2.20. The summed E-state index contributed by atoms with van der Waals surface area (Å²) < 4.78 is 25.5. The fourth-order valence-corrected chi connectivity index (χ4v) is 3.09. The number of hydrogen-bond acceptors (Lipinski definition) is 4. The second-order valence-electron chi connectivity index (χ2n) is 2.57. The Morgan fingerprint density at radius 1 is 1.67 bits per heavy atom. The highest BCUT2D eigenvalue weighted by Gasteiger charge is 2.16. The molecule has 0 spiro atoms. The van der Waals surface area contributed by atoms with E-state index in [2.05, 4.69) is 11.3 Å². The van der Waals surface area contributed by atoms with Gasteiger partial charge >= 0.3 is 0 Å².